The summed E-state index contributed by atoms with van der Waals surface area (Å²) in [4.78, 5) is 13.7. The van der Waals surface area contributed by atoms with Gasteiger partial charge in [0.05, 0.1) is 19.8 Å². The summed E-state index contributed by atoms with van der Waals surface area (Å²) in [5.74, 6) is 2.05. The molecule has 0 radical (unpaired) electrons. The molecule has 1 aliphatic heterocycles. The molecule has 1 saturated heterocycles. The first kappa shape index (κ1) is 17.7. The van der Waals surface area contributed by atoms with E-state index >= 15 is 0 Å². The van der Waals surface area contributed by atoms with Crippen LogP contribution in [0.15, 0.2) is 40.2 Å². The van der Waals surface area contributed by atoms with E-state index in [1.165, 1.54) is 17.7 Å². The van der Waals surface area contributed by atoms with E-state index in [0.29, 0.717) is 18.4 Å². The number of benzene rings is 1. The third-order valence-corrected chi connectivity index (χ3v) is 5.82. The first-order valence-electron chi connectivity index (χ1n) is 9.24. The summed E-state index contributed by atoms with van der Waals surface area (Å²) in [5, 5.41) is 0. The molecule has 1 saturated carbocycles. The van der Waals surface area contributed by atoms with E-state index < -0.39 is 0 Å². The Kier molecular flexibility index (Phi) is 5.09. The van der Waals surface area contributed by atoms with Gasteiger partial charge in [-0.25, -0.2) is 0 Å². The highest BCUT2D eigenvalue weighted by molar-refractivity contribution is 7.98. The van der Waals surface area contributed by atoms with Crippen molar-refractivity contribution in [3.8, 4) is 16.9 Å². The average Bonchev–Trinajstić information content (AvgIpc) is 3.43. The minimum Gasteiger partial charge on any atom is -0.493 e. The Morgan fingerprint density at radius 3 is 2.69 bits per heavy atom. The highest BCUT2D eigenvalue weighted by atomic mass is 32.2. The number of thioether (sulfide) groups is 1. The van der Waals surface area contributed by atoms with E-state index in [2.05, 4.69) is 24.5 Å². The number of pyridine rings is 1. The smallest absolute Gasteiger partial charge is 0.253 e. The van der Waals surface area contributed by atoms with Crippen LogP contribution >= 0.6 is 11.8 Å². The molecule has 0 N–H and O–H groups in total. The molecule has 0 spiro atoms. The molecule has 0 atom stereocenters. The van der Waals surface area contributed by atoms with Crippen LogP contribution in [0.3, 0.4) is 0 Å². The molecule has 2 aliphatic rings. The van der Waals surface area contributed by atoms with Gasteiger partial charge in [0, 0.05) is 40.2 Å². The van der Waals surface area contributed by atoms with Gasteiger partial charge in [-0.15, -0.1) is 11.8 Å². The minimum atomic E-state index is 0.0853. The normalized spacial score (nSPS) is 17.2. The molecule has 0 unspecified atom stereocenters. The van der Waals surface area contributed by atoms with Gasteiger partial charge in [0.15, 0.2) is 0 Å². The van der Waals surface area contributed by atoms with Gasteiger partial charge in [-0.1, -0.05) is 0 Å². The fraction of sp³-hybridized carbons (Fsp3) is 0.476. The van der Waals surface area contributed by atoms with Crippen LogP contribution in [0.4, 0.5) is 0 Å². The van der Waals surface area contributed by atoms with E-state index in [1.54, 1.807) is 11.8 Å². The summed E-state index contributed by atoms with van der Waals surface area (Å²) >= 11 is 1.72. The maximum atomic E-state index is 12.5. The number of nitrogens with zero attached hydrogens (tertiary/aromatic N) is 1. The van der Waals surface area contributed by atoms with E-state index in [-0.39, 0.29) is 5.56 Å². The summed E-state index contributed by atoms with van der Waals surface area (Å²) in [6.45, 7) is 4.88. The van der Waals surface area contributed by atoms with E-state index in [1.807, 2.05) is 23.8 Å². The average molecular weight is 372 g/mol. The van der Waals surface area contributed by atoms with Crippen LogP contribution < -0.4 is 10.3 Å². The SMILES string of the molecule is CSc1ccc(OCC2CC2)c(-c2cc(C)c(=O)n(CC3COC3)c2)c1. The quantitative estimate of drug-likeness (QED) is 0.690. The van der Waals surface area contributed by atoms with Gasteiger partial charge in [0.2, 0.25) is 0 Å². The van der Waals surface area contributed by atoms with Crippen molar-refractivity contribution < 1.29 is 9.47 Å². The van der Waals surface area contributed by atoms with Gasteiger partial charge in [0.1, 0.15) is 5.75 Å². The molecule has 5 heteroatoms. The summed E-state index contributed by atoms with van der Waals surface area (Å²) < 4.78 is 13.2. The highest BCUT2D eigenvalue weighted by Crippen LogP contribution is 2.36. The Labute approximate surface area is 158 Å². The maximum absolute atomic E-state index is 12.5. The van der Waals surface area contributed by atoms with E-state index in [4.69, 9.17) is 9.47 Å². The van der Waals surface area contributed by atoms with Crippen LogP contribution in [0.2, 0.25) is 0 Å². The Morgan fingerprint density at radius 2 is 2.04 bits per heavy atom. The highest BCUT2D eigenvalue weighted by Gasteiger charge is 2.23. The van der Waals surface area contributed by atoms with Crippen molar-refractivity contribution in [2.75, 3.05) is 26.1 Å². The zero-order chi connectivity index (χ0) is 18.1. The van der Waals surface area contributed by atoms with Gasteiger partial charge < -0.3 is 14.0 Å². The Bertz CT molecular complexity index is 853. The topological polar surface area (TPSA) is 40.5 Å². The van der Waals surface area contributed by atoms with Crippen molar-refractivity contribution in [3.05, 3.63) is 46.4 Å². The van der Waals surface area contributed by atoms with Crippen molar-refractivity contribution >= 4 is 11.8 Å². The van der Waals surface area contributed by atoms with Crippen molar-refractivity contribution in [2.24, 2.45) is 11.8 Å². The third kappa shape index (κ3) is 3.84. The second-order valence-electron chi connectivity index (χ2n) is 7.39. The molecule has 2 fully saturated rings. The Balaban J connectivity index is 1.71. The number of hydrogen-bond donors (Lipinski definition) is 0. The molecule has 0 amide bonds. The van der Waals surface area contributed by atoms with Gasteiger partial charge in [-0.2, -0.15) is 0 Å². The lowest BCUT2D eigenvalue weighted by atomic mass is 10.0. The first-order valence-corrected chi connectivity index (χ1v) is 10.5. The molecule has 1 aromatic heterocycles. The third-order valence-electron chi connectivity index (χ3n) is 5.10. The van der Waals surface area contributed by atoms with Gasteiger partial charge in [-0.05, 0) is 56.2 Å². The van der Waals surface area contributed by atoms with Crippen LogP contribution in [0.25, 0.3) is 11.1 Å². The van der Waals surface area contributed by atoms with Crippen LogP contribution in [0.5, 0.6) is 5.75 Å². The Morgan fingerprint density at radius 1 is 1.23 bits per heavy atom. The lowest BCUT2D eigenvalue weighted by molar-refractivity contribution is -0.0398. The van der Waals surface area contributed by atoms with Crippen molar-refractivity contribution in [1.29, 1.82) is 0 Å². The maximum Gasteiger partial charge on any atom is 0.253 e. The monoisotopic (exact) mass is 371 g/mol. The van der Waals surface area contributed by atoms with E-state index in [9.17, 15) is 4.79 Å². The van der Waals surface area contributed by atoms with Crippen LogP contribution in [-0.4, -0.2) is 30.6 Å². The summed E-state index contributed by atoms with van der Waals surface area (Å²) in [7, 11) is 0. The molecule has 2 heterocycles. The fourth-order valence-electron chi connectivity index (χ4n) is 3.22. The zero-order valence-electron chi connectivity index (χ0n) is 15.4. The number of rotatable bonds is 7. The lowest BCUT2D eigenvalue weighted by Gasteiger charge is -2.27. The lowest BCUT2D eigenvalue weighted by Crippen LogP contribution is -2.35. The van der Waals surface area contributed by atoms with Crippen LogP contribution in [0, 0.1) is 18.8 Å². The number of ether oxygens (including phenoxy) is 2. The number of aromatic nitrogens is 1. The molecular weight excluding hydrogens is 346 g/mol. The predicted octanol–water partition coefficient (Wildman–Crippen LogP) is 3.98. The molecular formula is C21H25NO3S. The molecule has 4 rings (SSSR count). The molecule has 4 nitrogen and oxygen atoms in total. The standard InChI is InChI=1S/C21H25NO3S/c1-14-7-17(10-22(21(14)23)9-16-11-24-12-16)19-8-18(26-2)5-6-20(19)25-13-15-3-4-15/h5-8,10,15-16H,3-4,9,11-13H2,1-2H3. The summed E-state index contributed by atoms with van der Waals surface area (Å²) in [6, 6.07) is 8.32. The van der Waals surface area contributed by atoms with Crippen molar-refractivity contribution in [1.82, 2.24) is 4.57 Å². The summed E-state index contributed by atoms with van der Waals surface area (Å²) in [5.41, 5.74) is 2.97. The molecule has 2 aromatic rings. The molecule has 138 valence electrons. The summed E-state index contributed by atoms with van der Waals surface area (Å²) in [6.07, 6.45) is 6.60. The van der Waals surface area contributed by atoms with Gasteiger partial charge >= 0.3 is 0 Å². The van der Waals surface area contributed by atoms with Crippen molar-refractivity contribution in [3.63, 3.8) is 0 Å². The number of aryl methyl sites for hydroxylation is 1. The second-order valence-corrected chi connectivity index (χ2v) is 8.27. The predicted molar refractivity (Wildman–Crippen MR) is 105 cm³/mol. The van der Waals surface area contributed by atoms with Gasteiger partial charge in [-0.3, -0.25) is 4.79 Å². The number of hydrogen-bond acceptors (Lipinski definition) is 4. The van der Waals surface area contributed by atoms with Crippen molar-refractivity contribution in [2.45, 2.75) is 31.2 Å². The second kappa shape index (κ2) is 7.49. The zero-order valence-corrected chi connectivity index (χ0v) is 16.2. The molecule has 26 heavy (non-hydrogen) atoms. The van der Waals surface area contributed by atoms with Crippen LogP contribution in [0.1, 0.15) is 18.4 Å². The minimum absolute atomic E-state index is 0.0853. The Hall–Kier alpha value is -1.72. The van der Waals surface area contributed by atoms with Gasteiger partial charge in [0.25, 0.3) is 5.56 Å². The molecule has 0 bridgehead atoms. The molecule has 1 aromatic carbocycles. The molecule has 1 aliphatic carbocycles. The fourth-order valence-corrected chi connectivity index (χ4v) is 3.66. The van der Waals surface area contributed by atoms with Crippen LogP contribution in [-0.2, 0) is 11.3 Å². The largest absolute Gasteiger partial charge is 0.493 e. The first-order chi connectivity index (χ1) is 12.6. The van der Waals surface area contributed by atoms with E-state index in [0.717, 1.165) is 42.3 Å².